The molecule has 5 nitrogen and oxygen atoms in total. The Hall–Kier alpha value is -1.95. The van der Waals surface area contributed by atoms with Crippen LogP contribution in [0, 0.1) is 6.92 Å². The predicted octanol–water partition coefficient (Wildman–Crippen LogP) is 4.16. The molecular formula is C15H15BrN2O3. The maximum absolute atomic E-state index is 11.3. The minimum atomic E-state index is -1.14. The second kappa shape index (κ2) is 6.22. The standard InChI is InChI=1S/C15H15BrN2O3/c1-8(2)14-17-7-12(13(18-14)15(19)20)21-11-5-4-10(16)6-9(11)3/h4-8H,1-3H3,(H,19,20). The Bertz CT molecular complexity index is 687. The minimum absolute atomic E-state index is 0.0477. The Morgan fingerprint density at radius 2 is 2.05 bits per heavy atom. The highest BCUT2D eigenvalue weighted by Crippen LogP contribution is 2.29. The molecule has 0 spiro atoms. The van der Waals surface area contributed by atoms with Gasteiger partial charge in [0, 0.05) is 10.4 Å². The SMILES string of the molecule is Cc1cc(Br)ccc1Oc1cnc(C(C)C)nc1C(=O)O. The first-order valence-electron chi connectivity index (χ1n) is 6.42. The number of hydrogen-bond donors (Lipinski definition) is 1. The fraction of sp³-hybridized carbons (Fsp3) is 0.267. The van der Waals surface area contributed by atoms with E-state index in [9.17, 15) is 9.90 Å². The summed E-state index contributed by atoms with van der Waals surface area (Å²) >= 11 is 3.37. The highest BCUT2D eigenvalue weighted by Gasteiger charge is 2.18. The molecule has 2 rings (SSSR count). The number of nitrogens with zero attached hydrogens (tertiary/aromatic N) is 2. The highest BCUT2D eigenvalue weighted by molar-refractivity contribution is 9.10. The van der Waals surface area contributed by atoms with Crippen molar-refractivity contribution in [1.82, 2.24) is 9.97 Å². The van der Waals surface area contributed by atoms with Gasteiger partial charge in [0.25, 0.3) is 0 Å². The van der Waals surface area contributed by atoms with Gasteiger partial charge >= 0.3 is 5.97 Å². The van der Waals surface area contributed by atoms with Gasteiger partial charge in [-0.3, -0.25) is 0 Å². The van der Waals surface area contributed by atoms with Crippen LogP contribution < -0.4 is 4.74 Å². The van der Waals surface area contributed by atoms with Crippen LogP contribution in [-0.4, -0.2) is 21.0 Å². The first kappa shape index (κ1) is 15.4. The summed E-state index contributed by atoms with van der Waals surface area (Å²) in [6, 6.07) is 5.48. The molecule has 0 radical (unpaired) electrons. The molecule has 1 heterocycles. The summed E-state index contributed by atoms with van der Waals surface area (Å²) in [4.78, 5) is 19.6. The molecule has 0 atom stereocenters. The molecule has 0 bridgehead atoms. The number of halogens is 1. The van der Waals surface area contributed by atoms with Gasteiger partial charge in [0.15, 0.2) is 11.4 Å². The van der Waals surface area contributed by atoms with Gasteiger partial charge in [-0.05, 0) is 30.7 Å². The van der Waals surface area contributed by atoms with E-state index in [1.54, 1.807) is 6.07 Å². The van der Waals surface area contributed by atoms with Crippen molar-refractivity contribution in [3.63, 3.8) is 0 Å². The van der Waals surface area contributed by atoms with Crippen molar-refractivity contribution in [2.45, 2.75) is 26.7 Å². The zero-order chi connectivity index (χ0) is 15.6. The van der Waals surface area contributed by atoms with Crippen molar-refractivity contribution in [3.8, 4) is 11.5 Å². The van der Waals surface area contributed by atoms with Crippen molar-refractivity contribution in [1.29, 1.82) is 0 Å². The molecule has 0 aliphatic heterocycles. The van der Waals surface area contributed by atoms with E-state index in [0.717, 1.165) is 10.0 Å². The van der Waals surface area contributed by atoms with Crippen LogP contribution in [0.1, 0.15) is 41.6 Å². The molecule has 0 aliphatic rings. The van der Waals surface area contributed by atoms with E-state index in [1.807, 2.05) is 32.9 Å². The maximum atomic E-state index is 11.3. The first-order valence-corrected chi connectivity index (χ1v) is 7.22. The van der Waals surface area contributed by atoms with Gasteiger partial charge in [-0.1, -0.05) is 29.8 Å². The topological polar surface area (TPSA) is 72.3 Å². The van der Waals surface area contributed by atoms with Gasteiger partial charge in [-0.25, -0.2) is 14.8 Å². The summed E-state index contributed by atoms with van der Waals surface area (Å²) in [6.45, 7) is 5.69. The Labute approximate surface area is 131 Å². The Morgan fingerprint density at radius 1 is 1.33 bits per heavy atom. The first-order chi connectivity index (χ1) is 9.88. The number of aromatic carboxylic acids is 1. The molecule has 6 heteroatoms. The second-order valence-corrected chi connectivity index (χ2v) is 5.83. The molecule has 0 fully saturated rings. The lowest BCUT2D eigenvalue weighted by Crippen LogP contribution is -2.08. The fourth-order valence-corrected chi connectivity index (χ4v) is 2.21. The third-order valence-electron chi connectivity index (χ3n) is 2.85. The summed E-state index contributed by atoms with van der Waals surface area (Å²) < 4.78 is 6.59. The molecule has 110 valence electrons. The quantitative estimate of drug-likeness (QED) is 0.895. The number of benzene rings is 1. The monoisotopic (exact) mass is 350 g/mol. The highest BCUT2D eigenvalue weighted by atomic mass is 79.9. The minimum Gasteiger partial charge on any atom is -0.476 e. The van der Waals surface area contributed by atoms with Crippen molar-refractivity contribution in [2.75, 3.05) is 0 Å². The molecule has 0 saturated heterocycles. The summed E-state index contributed by atoms with van der Waals surface area (Å²) in [5.74, 6) is 0.0989. The molecule has 1 aromatic carbocycles. The average molecular weight is 351 g/mol. The van der Waals surface area contributed by atoms with Crippen LogP contribution in [0.2, 0.25) is 0 Å². The van der Waals surface area contributed by atoms with Crippen molar-refractivity contribution in [3.05, 3.63) is 46.0 Å². The zero-order valence-electron chi connectivity index (χ0n) is 11.9. The Morgan fingerprint density at radius 3 is 2.62 bits per heavy atom. The van der Waals surface area contributed by atoms with Crippen molar-refractivity contribution < 1.29 is 14.6 Å². The van der Waals surface area contributed by atoms with Crippen LogP contribution in [0.25, 0.3) is 0 Å². The Kier molecular flexibility index (Phi) is 4.57. The third-order valence-corrected chi connectivity index (χ3v) is 3.34. The number of rotatable bonds is 4. The number of hydrogen-bond acceptors (Lipinski definition) is 4. The molecule has 0 unspecified atom stereocenters. The molecule has 21 heavy (non-hydrogen) atoms. The lowest BCUT2D eigenvalue weighted by Gasteiger charge is -2.12. The molecule has 0 aliphatic carbocycles. The van der Waals surface area contributed by atoms with Crippen LogP contribution in [0.4, 0.5) is 0 Å². The number of carbonyl (C=O) groups is 1. The van der Waals surface area contributed by atoms with Gasteiger partial charge < -0.3 is 9.84 Å². The van der Waals surface area contributed by atoms with Crippen LogP contribution in [0.3, 0.4) is 0 Å². The number of ether oxygens (including phenoxy) is 1. The average Bonchev–Trinajstić information content (AvgIpc) is 2.41. The molecule has 1 N–H and O–H groups in total. The molecule has 0 saturated carbocycles. The number of aromatic nitrogens is 2. The molecule has 1 aromatic heterocycles. The van der Waals surface area contributed by atoms with E-state index in [4.69, 9.17) is 4.74 Å². The van der Waals surface area contributed by atoms with Crippen LogP contribution in [-0.2, 0) is 0 Å². The number of carboxylic acids is 1. The molecule has 0 amide bonds. The van der Waals surface area contributed by atoms with E-state index >= 15 is 0 Å². The third kappa shape index (κ3) is 3.58. The molecule has 2 aromatic rings. The van der Waals surface area contributed by atoms with Gasteiger partial charge in [-0.2, -0.15) is 0 Å². The molecular weight excluding hydrogens is 336 g/mol. The van der Waals surface area contributed by atoms with Gasteiger partial charge in [0.1, 0.15) is 11.6 Å². The Balaban J connectivity index is 2.41. The lowest BCUT2D eigenvalue weighted by atomic mass is 10.2. The summed E-state index contributed by atoms with van der Waals surface area (Å²) in [5, 5.41) is 9.29. The van der Waals surface area contributed by atoms with Crippen LogP contribution in [0.15, 0.2) is 28.9 Å². The fourth-order valence-electron chi connectivity index (χ4n) is 1.74. The van der Waals surface area contributed by atoms with Crippen molar-refractivity contribution >= 4 is 21.9 Å². The van der Waals surface area contributed by atoms with Crippen molar-refractivity contribution in [2.24, 2.45) is 0 Å². The van der Waals surface area contributed by atoms with Gasteiger partial charge in [-0.15, -0.1) is 0 Å². The maximum Gasteiger partial charge on any atom is 0.358 e. The predicted molar refractivity (Wildman–Crippen MR) is 82.0 cm³/mol. The zero-order valence-corrected chi connectivity index (χ0v) is 13.5. The summed E-state index contributed by atoms with van der Waals surface area (Å²) in [7, 11) is 0. The van der Waals surface area contributed by atoms with E-state index in [1.165, 1.54) is 6.20 Å². The van der Waals surface area contributed by atoms with Gasteiger partial charge in [0.2, 0.25) is 0 Å². The lowest BCUT2D eigenvalue weighted by molar-refractivity contribution is 0.0686. The second-order valence-electron chi connectivity index (χ2n) is 4.91. The normalized spacial score (nSPS) is 10.7. The van der Waals surface area contributed by atoms with E-state index < -0.39 is 5.97 Å². The number of carboxylic acid groups (broad SMARTS) is 1. The smallest absolute Gasteiger partial charge is 0.358 e. The number of aryl methyl sites for hydroxylation is 1. The van der Waals surface area contributed by atoms with Gasteiger partial charge in [0.05, 0.1) is 6.20 Å². The van der Waals surface area contributed by atoms with Crippen LogP contribution in [0.5, 0.6) is 11.5 Å². The van der Waals surface area contributed by atoms with E-state index in [-0.39, 0.29) is 17.4 Å². The van der Waals surface area contributed by atoms with E-state index in [0.29, 0.717) is 11.6 Å². The van der Waals surface area contributed by atoms with E-state index in [2.05, 4.69) is 25.9 Å². The summed E-state index contributed by atoms with van der Waals surface area (Å²) in [5.41, 5.74) is 0.754. The van der Waals surface area contributed by atoms with Crippen LogP contribution >= 0.6 is 15.9 Å². The summed E-state index contributed by atoms with van der Waals surface area (Å²) in [6.07, 6.45) is 1.41. The largest absolute Gasteiger partial charge is 0.476 e.